The molecule has 0 saturated carbocycles. The maximum atomic E-state index is 12.8. The standard InChI is InChI=1S/C26H25BrIN3O5/c1-2-35-23(13-14-24(33)31-21-6-4-3-5-20(21)29)25(19-15-17(28)9-12-22(19)32)36-26(34)30-18-10-7-16(27)8-11-18/h3-15,23,25,32H,2,29H2,1H3,(H,30,34)(H,31,33)/b14-13+/t23-,25-/m1/s1. The summed E-state index contributed by atoms with van der Waals surface area (Å²) >= 11 is 5.45. The van der Waals surface area contributed by atoms with Gasteiger partial charge in [-0.2, -0.15) is 0 Å². The van der Waals surface area contributed by atoms with E-state index in [4.69, 9.17) is 15.2 Å². The van der Waals surface area contributed by atoms with Gasteiger partial charge in [0.1, 0.15) is 11.9 Å². The minimum Gasteiger partial charge on any atom is -0.508 e. The maximum Gasteiger partial charge on any atom is 0.412 e. The number of carbonyl (C=O) groups excluding carboxylic acids is 2. The van der Waals surface area contributed by atoms with Crippen molar-refractivity contribution in [1.29, 1.82) is 0 Å². The van der Waals surface area contributed by atoms with Crippen molar-refractivity contribution >= 4 is 67.6 Å². The van der Waals surface area contributed by atoms with E-state index >= 15 is 0 Å². The molecule has 10 heteroatoms. The summed E-state index contributed by atoms with van der Waals surface area (Å²) in [6.07, 6.45) is 0.0741. The smallest absolute Gasteiger partial charge is 0.412 e. The van der Waals surface area contributed by atoms with E-state index in [1.54, 1.807) is 67.6 Å². The van der Waals surface area contributed by atoms with Crippen LogP contribution in [0.15, 0.2) is 83.4 Å². The molecule has 0 saturated heterocycles. The quantitative estimate of drug-likeness (QED) is 0.122. The summed E-state index contributed by atoms with van der Waals surface area (Å²) in [5.74, 6) is -0.515. The van der Waals surface area contributed by atoms with Crippen LogP contribution in [0.1, 0.15) is 18.6 Å². The number of ether oxygens (including phenoxy) is 2. The van der Waals surface area contributed by atoms with E-state index in [9.17, 15) is 14.7 Å². The number of carbonyl (C=O) groups is 2. The molecule has 0 fully saturated rings. The molecule has 0 unspecified atom stereocenters. The summed E-state index contributed by atoms with van der Waals surface area (Å²) in [4.78, 5) is 25.4. The van der Waals surface area contributed by atoms with Gasteiger partial charge in [0.05, 0.1) is 11.4 Å². The number of phenolic OH excluding ortho intramolecular Hbond substituents is 1. The van der Waals surface area contributed by atoms with Crippen molar-refractivity contribution < 1.29 is 24.2 Å². The van der Waals surface area contributed by atoms with Gasteiger partial charge in [-0.15, -0.1) is 0 Å². The van der Waals surface area contributed by atoms with Gasteiger partial charge in [0.25, 0.3) is 0 Å². The number of nitrogens with two attached hydrogens (primary N) is 1. The highest BCUT2D eigenvalue weighted by molar-refractivity contribution is 14.1. The van der Waals surface area contributed by atoms with Crippen LogP contribution in [0.3, 0.4) is 0 Å². The molecule has 8 nitrogen and oxygen atoms in total. The predicted octanol–water partition coefficient (Wildman–Crippen LogP) is 6.23. The van der Waals surface area contributed by atoms with Gasteiger partial charge in [0.15, 0.2) is 6.10 Å². The Morgan fingerprint density at radius 2 is 1.83 bits per heavy atom. The third-order valence-electron chi connectivity index (χ3n) is 4.93. The molecule has 3 aromatic carbocycles. The molecular formula is C26H25BrIN3O5. The second kappa shape index (κ2) is 13.3. The molecule has 0 spiro atoms. The number of aromatic hydroxyl groups is 1. The lowest BCUT2D eigenvalue weighted by molar-refractivity contribution is -0.112. The van der Waals surface area contributed by atoms with E-state index in [0.29, 0.717) is 22.6 Å². The highest BCUT2D eigenvalue weighted by Gasteiger charge is 2.29. The number of para-hydroxylation sites is 2. The minimum atomic E-state index is -1.05. The topological polar surface area (TPSA) is 123 Å². The van der Waals surface area contributed by atoms with Gasteiger partial charge in [-0.05, 0) is 90.2 Å². The van der Waals surface area contributed by atoms with Crippen LogP contribution in [-0.4, -0.2) is 29.8 Å². The fourth-order valence-electron chi connectivity index (χ4n) is 3.26. The molecule has 0 heterocycles. The van der Waals surface area contributed by atoms with E-state index in [1.807, 2.05) is 0 Å². The number of nitrogen functional groups attached to an aromatic ring is 1. The SMILES string of the molecule is CCO[C@H](/C=C/C(=O)Nc1ccccc1N)[C@H](OC(=O)Nc1ccc(Br)cc1)c1cc(I)ccc1O. The number of amides is 2. The second-order valence-electron chi connectivity index (χ2n) is 7.52. The van der Waals surface area contributed by atoms with Gasteiger partial charge in [0, 0.05) is 32.0 Å². The van der Waals surface area contributed by atoms with E-state index in [1.165, 1.54) is 18.2 Å². The molecular weight excluding hydrogens is 641 g/mol. The molecule has 2 atom stereocenters. The fraction of sp³-hybridized carbons (Fsp3) is 0.154. The highest BCUT2D eigenvalue weighted by Crippen LogP contribution is 2.33. The summed E-state index contributed by atoms with van der Waals surface area (Å²) in [7, 11) is 0. The lowest BCUT2D eigenvalue weighted by Crippen LogP contribution is -2.28. The zero-order chi connectivity index (χ0) is 26.1. The molecule has 0 aliphatic heterocycles. The van der Waals surface area contributed by atoms with Crippen LogP contribution in [0, 0.1) is 3.57 Å². The molecule has 3 aromatic rings. The summed E-state index contributed by atoms with van der Waals surface area (Å²) in [6, 6.07) is 18.8. The van der Waals surface area contributed by atoms with Crippen molar-refractivity contribution in [2.75, 3.05) is 23.0 Å². The number of rotatable bonds is 9. The molecule has 188 valence electrons. The summed E-state index contributed by atoms with van der Waals surface area (Å²) < 4.78 is 13.2. The Morgan fingerprint density at radius 1 is 1.11 bits per heavy atom. The van der Waals surface area contributed by atoms with Gasteiger partial charge in [-0.1, -0.05) is 28.1 Å². The van der Waals surface area contributed by atoms with Crippen LogP contribution >= 0.6 is 38.5 Å². The number of hydrogen-bond acceptors (Lipinski definition) is 6. The molecule has 0 aliphatic rings. The average molecular weight is 666 g/mol. The van der Waals surface area contributed by atoms with Crippen LogP contribution in [-0.2, 0) is 14.3 Å². The molecule has 3 rings (SSSR count). The van der Waals surface area contributed by atoms with Gasteiger partial charge in [-0.3, -0.25) is 10.1 Å². The van der Waals surface area contributed by atoms with Crippen molar-refractivity contribution in [2.24, 2.45) is 0 Å². The van der Waals surface area contributed by atoms with E-state index in [0.717, 1.165) is 8.04 Å². The number of hydrogen-bond donors (Lipinski definition) is 4. The number of benzene rings is 3. The molecule has 0 radical (unpaired) electrons. The van der Waals surface area contributed by atoms with Crippen LogP contribution in [0.25, 0.3) is 0 Å². The van der Waals surface area contributed by atoms with Crippen molar-refractivity contribution in [3.05, 3.63) is 92.5 Å². The molecule has 36 heavy (non-hydrogen) atoms. The Morgan fingerprint density at radius 3 is 2.53 bits per heavy atom. The first-order valence-electron chi connectivity index (χ1n) is 10.9. The summed E-state index contributed by atoms with van der Waals surface area (Å²) in [5.41, 5.74) is 7.65. The van der Waals surface area contributed by atoms with Crippen LogP contribution in [0.2, 0.25) is 0 Å². The first kappa shape index (κ1) is 27.5. The maximum absolute atomic E-state index is 12.8. The number of phenols is 1. The molecule has 5 N–H and O–H groups in total. The first-order valence-corrected chi connectivity index (χ1v) is 12.8. The van der Waals surface area contributed by atoms with Gasteiger partial charge < -0.3 is 25.6 Å². The Bertz CT molecular complexity index is 1240. The third kappa shape index (κ3) is 7.97. The summed E-state index contributed by atoms with van der Waals surface area (Å²) in [5, 5.41) is 15.9. The molecule has 0 bridgehead atoms. The predicted molar refractivity (Wildman–Crippen MR) is 152 cm³/mol. The zero-order valence-corrected chi connectivity index (χ0v) is 23.0. The largest absolute Gasteiger partial charge is 0.508 e. The molecule has 0 aliphatic carbocycles. The van der Waals surface area contributed by atoms with Crippen molar-refractivity contribution in [1.82, 2.24) is 0 Å². The van der Waals surface area contributed by atoms with E-state index < -0.39 is 24.2 Å². The number of nitrogens with one attached hydrogen (secondary N) is 2. The first-order chi connectivity index (χ1) is 17.3. The van der Waals surface area contributed by atoms with Crippen molar-refractivity contribution in [3.8, 4) is 5.75 Å². The van der Waals surface area contributed by atoms with Gasteiger partial charge >= 0.3 is 6.09 Å². The average Bonchev–Trinajstić information content (AvgIpc) is 2.85. The molecule has 2 amide bonds. The summed E-state index contributed by atoms with van der Waals surface area (Å²) in [6.45, 7) is 2.04. The van der Waals surface area contributed by atoms with Crippen LogP contribution < -0.4 is 16.4 Å². The van der Waals surface area contributed by atoms with Gasteiger partial charge in [-0.25, -0.2) is 4.79 Å². The fourth-order valence-corrected chi connectivity index (χ4v) is 4.04. The second-order valence-corrected chi connectivity index (χ2v) is 9.68. The Labute approximate surface area is 231 Å². The van der Waals surface area contributed by atoms with Crippen molar-refractivity contribution in [3.63, 3.8) is 0 Å². The number of anilines is 3. The normalized spacial score (nSPS) is 12.6. The minimum absolute atomic E-state index is 0.0727. The number of halogens is 2. The third-order valence-corrected chi connectivity index (χ3v) is 6.13. The highest BCUT2D eigenvalue weighted by atomic mass is 127. The zero-order valence-electron chi connectivity index (χ0n) is 19.3. The van der Waals surface area contributed by atoms with Crippen LogP contribution in [0.4, 0.5) is 21.9 Å². The Kier molecular flexibility index (Phi) is 10.1. The van der Waals surface area contributed by atoms with Crippen LogP contribution in [0.5, 0.6) is 5.75 Å². The van der Waals surface area contributed by atoms with E-state index in [2.05, 4.69) is 49.2 Å². The van der Waals surface area contributed by atoms with E-state index in [-0.39, 0.29) is 12.4 Å². The Hall–Kier alpha value is -3.09. The molecule has 0 aromatic heterocycles. The van der Waals surface area contributed by atoms with Gasteiger partial charge in [0.2, 0.25) is 5.91 Å². The lowest BCUT2D eigenvalue weighted by atomic mass is 10.0. The monoisotopic (exact) mass is 665 g/mol. The lowest BCUT2D eigenvalue weighted by Gasteiger charge is -2.26. The Balaban J connectivity index is 1.86. The van der Waals surface area contributed by atoms with Crippen molar-refractivity contribution in [2.45, 2.75) is 19.1 Å².